The van der Waals surface area contributed by atoms with Gasteiger partial charge in [-0.25, -0.2) is 9.78 Å². The maximum absolute atomic E-state index is 11.7. The molecule has 1 unspecified atom stereocenters. The second-order valence-electron chi connectivity index (χ2n) is 7.81. The number of ether oxygens (including phenoxy) is 1. The number of hydrogen-bond acceptors (Lipinski definition) is 4. The molecule has 0 spiro atoms. The van der Waals surface area contributed by atoms with Crippen molar-refractivity contribution < 1.29 is 9.53 Å². The van der Waals surface area contributed by atoms with Gasteiger partial charge in [-0.15, -0.1) is 0 Å². The molecule has 1 aliphatic carbocycles. The molecule has 122 valence electrons. The predicted octanol–water partition coefficient (Wildman–Crippen LogP) is 4.42. The van der Waals surface area contributed by atoms with Crippen molar-refractivity contribution in [1.29, 1.82) is 0 Å². The summed E-state index contributed by atoms with van der Waals surface area (Å²) >= 11 is 0. The van der Waals surface area contributed by atoms with Gasteiger partial charge in [0, 0.05) is 6.04 Å². The van der Waals surface area contributed by atoms with Crippen LogP contribution in [-0.4, -0.2) is 22.7 Å². The fourth-order valence-electron chi connectivity index (χ4n) is 2.76. The van der Waals surface area contributed by atoms with E-state index in [1.165, 1.54) is 19.3 Å². The fraction of sp³-hybridized carbons (Fsp3) is 0.647. The minimum absolute atomic E-state index is 0.420. The Bertz CT molecular complexity index is 518. The van der Waals surface area contributed by atoms with Crippen LogP contribution in [0.25, 0.3) is 0 Å². The number of nitrogens with zero attached hydrogens (tertiary/aromatic N) is 1. The molecule has 0 aromatic carbocycles. The van der Waals surface area contributed by atoms with Crippen molar-refractivity contribution in [1.82, 2.24) is 4.98 Å². The maximum atomic E-state index is 11.7. The van der Waals surface area contributed by atoms with Crippen molar-refractivity contribution in [2.24, 2.45) is 5.41 Å². The summed E-state index contributed by atoms with van der Waals surface area (Å²) in [5, 5.41) is 6.14. The summed E-state index contributed by atoms with van der Waals surface area (Å²) in [6.07, 6.45) is 4.86. The highest BCUT2D eigenvalue weighted by Crippen LogP contribution is 2.38. The second kappa shape index (κ2) is 6.15. The highest BCUT2D eigenvalue weighted by atomic mass is 16.6. The van der Waals surface area contributed by atoms with Crippen LogP contribution in [0.15, 0.2) is 18.3 Å². The number of amides is 1. The molecule has 1 aliphatic rings. The van der Waals surface area contributed by atoms with Gasteiger partial charge >= 0.3 is 6.09 Å². The SMILES string of the molecule is CC1(C)CCC(Nc2ccc(NC(=O)OC(C)(C)C)nc2)C1. The number of pyridine rings is 1. The molecule has 0 radical (unpaired) electrons. The zero-order valence-electron chi connectivity index (χ0n) is 14.2. The van der Waals surface area contributed by atoms with Crippen molar-refractivity contribution in [3.63, 3.8) is 0 Å². The minimum atomic E-state index is -0.513. The first-order valence-electron chi connectivity index (χ1n) is 7.86. The zero-order chi connectivity index (χ0) is 16.4. The number of carbonyl (C=O) groups is 1. The van der Waals surface area contributed by atoms with Gasteiger partial charge in [-0.2, -0.15) is 0 Å². The molecule has 1 saturated carbocycles. The normalized spacial score (nSPS) is 20.5. The molecule has 1 fully saturated rings. The van der Waals surface area contributed by atoms with E-state index in [-0.39, 0.29) is 0 Å². The lowest BCUT2D eigenvalue weighted by molar-refractivity contribution is 0.0635. The summed E-state index contributed by atoms with van der Waals surface area (Å²) in [4.78, 5) is 15.9. The summed E-state index contributed by atoms with van der Waals surface area (Å²) in [5.74, 6) is 0.492. The topological polar surface area (TPSA) is 63.2 Å². The third-order valence-corrected chi connectivity index (χ3v) is 3.73. The molecule has 1 amide bonds. The number of nitrogens with one attached hydrogen (secondary N) is 2. The van der Waals surface area contributed by atoms with E-state index in [1.54, 1.807) is 12.3 Å². The lowest BCUT2D eigenvalue weighted by Crippen LogP contribution is -2.27. The predicted molar refractivity (Wildman–Crippen MR) is 89.1 cm³/mol. The van der Waals surface area contributed by atoms with E-state index in [4.69, 9.17) is 4.74 Å². The van der Waals surface area contributed by atoms with E-state index in [2.05, 4.69) is 29.5 Å². The maximum Gasteiger partial charge on any atom is 0.413 e. The van der Waals surface area contributed by atoms with Gasteiger partial charge in [0.1, 0.15) is 11.4 Å². The van der Waals surface area contributed by atoms with E-state index in [0.29, 0.717) is 17.3 Å². The molecular weight excluding hydrogens is 278 g/mol. The van der Waals surface area contributed by atoms with E-state index in [0.717, 1.165) is 5.69 Å². The Balaban J connectivity index is 1.87. The van der Waals surface area contributed by atoms with Crippen molar-refractivity contribution in [2.75, 3.05) is 10.6 Å². The molecule has 1 aromatic rings. The van der Waals surface area contributed by atoms with Crippen LogP contribution in [0.4, 0.5) is 16.3 Å². The molecule has 1 atom stereocenters. The van der Waals surface area contributed by atoms with Crippen molar-refractivity contribution in [3.05, 3.63) is 18.3 Å². The highest BCUT2D eigenvalue weighted by Gasteiger charge is 2.30. The lowest BCUT2D eigenvalue weighted by Gasteiger charge is -2.20. The molecule has 5 nitrogen and oxygen atoms in total. The quantitative estimate of drug-likeness (QED) is 0.867. The fourth-order valence-corrected chi connectivity index (χ4v) is 2.76. The summed E-state index contributed by atoms with van der Waals surface area (Å²) in [7, 11) is 0. The largest absolute Gasteiger partial charge is 0.444 e. The van der Waals surface area contributed by atoms with E-state index >= 15 is 0 Å². The average Bonchev–Trinajstić information content (AvgIpc) is 2.69. The van der Waals surface area contributed by atoms with E-state index in [9.17, 15) is 4.79 Å². The molecule has 1 heterocycles. The summed E-state index contributed by atoms with van der Waals surface area (Å²) in [5.41, 5.74) is 0.891. The first-order chi connectivity index (χ1) is 10.1. The number of rotatable bonds is 3. The van der Waals surface area contributed by atoms with Gasteiger partial charge in [-0.1, -0.05) is 13.8 Å². The lowest BCUT2D eigenvalue weighted by atomic mass is 9.92. The summed E-state index contributed by atoms with van der Waals surface area (Å²) < 4.78 is 5.20. The smallest absolute Gasteiger partial charge is 0.413 e. The molecule has 0 bridgehead atoms. The molecule has 5 heteroatoms. The minimum Gasteiger partial charge on any atom is -0.444 e. The molecule has 0 saturated heterocycles. The van der Waals surface area contributed by atoms with Crippen LogP contribution in [-0.2, 0) is 4.74 Å². The third kappa shape index (κ3) is 5.20. The van der Waals surface area contributed by atoms with Gasteiger partial charge in [-0.05, 0) is 57.6 Å². The molecular formula is C17H27N3O2. The van der Waals surface area contributed by atoms with Crippen molar-refractivity contribution >= 4 is 17.6 Å². The van der Waals surface area contributed by atoms with Crippen LogP contribution in [0.2, 0.25) is 0 Å². The second-order valence-corrected chi connectivity index (χ2v) is 7.81. The first kappa shape index (κ1) is 16.6. The third-order valence-electron chi connectivity index (χ3n) is 3.73. The Morgan fingerprint density at radius 2 is 2.09 bits per heavy atom. The standard InChI is InChI=1S/C17H27N3O2/c1-16(2,3)22-15(21)20-14-7-6-13(11-18-14)19-12-8-9-17(4,5)10-12/h6-7,11-12,19H,8-10H2,1-5H3,(H,18,20,21). The molecule has 0 aliphatic heterocycles. The van der Waals surface area contributed by atoms with Crippen molar-refractivity contribution in [2.45, 2.75) is 65.5 Å². The number of carbonyl (C=O) groups excluding carboxylic acids is 1. The summed E-state index contributed by atoms with van der Waals surface area (Å²) in [6.45, 7) is 10.1. The zero-order valence-corrected chi connectivity index (χ0v) is 14.2. The van der Waals surface area contributed by atoms with Crippen LogP contribution >= 0.6 is 0 Å². The van der Waals surface area contributed by atoms with Crippen LogP contribution in [0.3, 0.4) is 0 Å². The molecule has 2 rings (SSSR count). The molecule has 22 heavy (non-hydrogen) atoms. The number of anilines is 2. The summed E-state index contributed by atoms with van der Waals surface area (Å²) in [6, 6.07) is 4.22. The van der Waals surface area contributed by atoms with Gasteiger partial charge < -0.3 is 10.1 Å². The Morgan fingerprint density at radius 1 is 1.36 bits per heavy atom. The first-order valence-corrected chi connectivity index (χ1v) is 7.86. The Morgan fingerprint density at radius 3 is 2.59 bits per heavy atom. The molecule has 1 aromatic heterocycles. The van der Waals surface area contributed by atoms with Gasteiger partial charge in [0.25, 0.3) is 0 Å². The van der Waals surface area contributed by atoms with Crippen LogP contribution in [0.5, 0.6) is 0 Å². The number of aromatic nitrogens is 1. The van der Waals surface area contributed by atoms with Gasteiger partial charge in [0.15, 0.2) is 0 Å². The van der Waals surface area contributed by atoms with Gasteiger partial charge in [0.2, 0.25) is 0 Å². The van der Waals surface area contributed by atoms with Gasteiger partial charge in [0.05, 0.1) is 11.9 Å². The van der Waals surface area contributed by atoms with Crippen LogP contribution in [0, 0.1) is 5.41 Å². The van der Waals surface area contributed by atoms with E-state index < -0.39 is 11.7 Å². The Labute approximate surface area is 132 Å². The van der Waals surface area contributed by atoms with Gasteiger partial charge in [-0.3, -0.25) is 5.32 Å². The van der Waals surface area contributed by atoms with Crippen molar-refractivity contribution in [3.8, 4) is 0 Å². The number of hydrogen-bond donors (Lipinski definition) is 2. The Kier molecular flexibility index (Phi) is 4.63. The Hall–Kier alpha value is -1.78. The highest BCUT2D eigenvalue weighted by molar-refractivity contribution is 5.83. The average molecular weight is 305 g/mol. The molecule has 2 N–H and O–H groups in total. The van der Waals surface area contributed by atoms with Crippen LogP contribution in [0.1, 0.15) is 53.9 Å². The van der Waals surface area contributed by atoms with E-state index in [1.807, 2.05) is 26.8 Å². The monoisotopic (exact) mass is 305 g/mol. The van der Waals surface area contributed by atoms with Crippen LogP contribution < -0.4 is 10.6 Å².